The number of carbonyl (C=O) groups excluding carboxylic acids is 2. The molecule has 0 saturated heterocycles. The Hall–Kier alpha value is -3.28. The Kier molecular flexibility index (Phi) is 20.2. The lowest BCUT2D eigenvalue weighted by Gasteiger charge is -2.18. The fourth-order valence-electron chi connectivity index (χ4n) is 11.1. The van der Waals surface area contributed by atoms with Crippen LogP contribution in [-0.2, 0) is 9.59 Å². The van der Waals surface area contributed by atoms with Gasteiger partial charge in [0.25, 0.3) is 0 Å². The van der Waals surface area contributed by atoms with Crippen LogP contribution >= 0.6 is 0 Å². The largest absolute Gasteiger partial charge is 0.388 e. The van der Waals surface area contributed by atoms with Crippen LogP contribution in [0.3, 0.4) is 0 Å². The first-order valence-corrected chi connectivity index (χ1v) is 25.8. The van der Waals surface area contributed by atoms with Gasteiger partial charge in [-0.3, -0.25) is 9.59 Å². The summed E-state index contributed by atoms with van der Waals surface area (Å²) in [7, 11) is 0. The van der Waals surface area contributed by atoms with Gasteiger partial charge >= 0.3 is 0 Å². The molecule has 0 radical (unpaired) electrons. The van der Waals surface area contributed by atoms with E-state index in [1.807, 2.05) is 19.9 Å². The summed E-state index contributed by atoms with van der Waals surface area (Å²) >= 11 is 0. The van der Waals surface area contributed by atoms with E-state index in [-0.39, 0.29) is 27.8 Å². The Morgan fingerprint density at radius 1 is 0.449 bits per heavy atom. The summed E-state index contributed by atoms with van der Waals surface area (Å²) in [6, 6.07) is 0. The van der Waals surface area contributed by atoms with Gasteiger partial charge in [0.05, 0.1) is 18.3 Å². The second kappa shape index (κ2) is 24.0. The molecule has 0 aliphatic heterocycles. The first-order valence-electron chi connectivity index (χ1n) is 25.8. The topological polar surface area (TPSA) is 176 Å². The van der Waals surface area contributed by atoms with Crippen LogP contribution in [0.4, 0.5) is 0 Å². The van der Waals surface area contributed by atoms with Gasteiger partial charge in [-0.2, -0.15) is 0 Å². The third-order valence-electron chi connectivity index (χ3n) is 17.3. The van der Waals surface area contributed by atoms with E-state index in [0.29, 0.717) is 77.1 Å². The molecule has 0 spiro atoms. The summed E-state index contributed by atoms with van der Waals surface area (Å²) in [6.45, 7) is 30.7. The number of carbonyl (C=O) groups is 2. The van der Waals surface area contributed by atoms with Crippen LogP contribution in [0.15, 0.2) is 105 Å². The second-order valence-corrected chi connectivity index (χ2v) is 23.8. The molecule has 6 rings (SSSR count). The van der Waals surface area contributed by atoms with Gasteiger partial charge < -0.3 is 35.7 Å². The third kappa shape index (κ3) is 15.4. The van der Waals surface area contributed by atoms with E-state index in [2.05, 4.69) is 92.7 Å². The molecular formula is C60H92O9. The van der Waals surface area contributed by atoms with Crippen molar-refractivity contribution in [1.82, 2.24) is 0 Å². The van der Waals surface area contributed by atoms with Crippen LogP contribution in [0.2, 0.25) is 0 Å². The minimum Gasteiger partial charge on any atom is -0.388 e. The molecule has 0 amide bonds. The van der Waals surface area contributed by atoms with Crippen molar-refractivity contribution in [2.24, 2.45) is 51.8 Å². The van der Waals surface area contributed by atoms with Crippen molar-refractivity contribution >= 4 is 11.6 Å². The Morgan fingerprint density at radius 3 is 1.23 bits per heavy atom. The van der Waals surface area contributed by atoms with E-state index in [1.165, 1.54) is 28.9 Å². The maximum absolute atomic E-state index is 12.3. The van der Waals surface area contributed by atoms with Crippen molar-refractivity contribution in [3.05, 3.63) is 105 Å². The molecule has 0 aromatic rings. The molecule has 386 valence electrons. The SMILES string of the molecule is C/C1=C/CC(O)/C(C)=C\C(=O)C(O)/C(C)=C\C2C(CC1)C2(C)C.C/C1=C/CC(O)/C(C)=C\C(O)C(=O)/C(C)=C\C2C(CC1)C2(C)C.C/C1=C/CC(O)/C(C)=C\C(O)C(O)/C(C)=C\C2C(CC1)C2(C)C. The van der Waals surface area contributed by atoms with E-state index in [9.17, 15) is 45.3 Å². The molecule has 6 aliphatic rings. The fraction of sp³-hybridized carbons (Fsp3) is 0.667. The third-order valence-corrected chi connectivity index (χ3v) is 17.3. The van der Waals surface area contributed by atoms with E-state index in [0.717, 1.165) is 49.7 Å². The minimum absolute atomic E-state index is 0.220. The van der Waals surface area contributed by atoms with Crippen LogP contribution in [0.1, 0.15) is 162 Å². The maximum Gasteiger partial charge on any atom is 0.190 e. The Balaban J connectivity index is 0.000000225. The zero-order valence-corrected chi connectivity index (χ0v) is 45.0. The molecule has 13 atom stereocenters. The van der Waals surface area contributed by atoms with Crippen molar-refractivity contribution in [2.75, 3.05) is 0 Å². The van der Waals surface area contributed by atoms with Crippen LogP contribution < -0.4 is 0 Å². The van der Waals surface area contributed by atoms with Crippen molar-refractivity contribution in [3.63, 3.8) is 0 Å². The quantitative estimate of drug-likeness (QED) is 0.117. The van der Waals surface area contributed by atoms with Crippen molar-refractivity contribution in [1.29, 1.82) is 0 Å². The monoisotopic (exact) mass is 957 g/mol. The summed E-state index contributed by atoms with van der Waals surface area (Å²) < 4.78 is 0. The van der Waals surface area contributed by atoms with Crippen molar-refractivity contribution < 1.29 is 45.3 Å². The van der Waals surface area contributed by atoms with Gasteiger partial charge in [0.15, 0.2) is 11.6 Å². The zero-order valence-electron chi connectivity index (χ0n) is 45.0. The number of aliphatic hydroxyl groups is 7. The number of fused-ring (bicyclic) bond motifs is 3. The number of hydrogen-bond donors (Lipinski definition) is 7. The van der Waals surface area contributed by atoms with E-state index in [1.54, 1.807) is 33.8 Å². The average molecular weight is 957 g/mol. The van der Waals surface area contributed by atoms with Crippen LogP contribution in [0.25, 0.3) is 0 Å². The number of rotatable bonds is 0. The predicted molar refractivity (Wildman–Crippen MR) is 280 cm³/mol. The molecule has 0 bridgehead atoms. The molecule has 69 heavy (non-hydrogen) atoms. The molecule has 0 heterocycles. The molecule has 0 aromatic heterocycles. The van der Waals surface area contributed by atoms with Crippen LogP contribution in [0, 0.1) is 51.8 Å². The fourth-order valence-corrected chi connectivity index (χ4v) is 11.1. The van der Waals surface area contributed by atoms with Gasteiger partial charge in [0, 0.05) is 0 Å². The summed E-state index contributed by atoms with van der Waals surface area (Å²) in [5.41, 5.74) is 8.74. The lowest BCUT2D eigenvalue weighted by Crippen LogP contribution is -2.26. The smallest absolute Gasteiger partial charge is 0.190 e. The van der Waals surface area contributed by atoms with Gasteiger partial charge in [-0.05, 0) is 217 Å². The summed E-state index contributed by atoms with van der Waals surface area (Å²) in [4.78, 5) is 24.5. The summed E-state index contributed by atoms with van der Waals surface area (Å²) in [5, 5.41) is 71.5. The molecule has 9 heteroatoms. The molecular weight excluding hydrogens is 865 g/mol. The van der Waals surface area contributed by atoms with Gasteiger partial charge in [0.1, 0.15) is 24.4 Å². The molecule has 9 nitrogen and oxygen atoms in total. The van der Waals surface area contributed by atoms with Gasteiger partial charge in [-0.15, -0.1) is 0 Å². The number of allylic oxidation sites excluding steroid dienone is 6. The minimum atomic E-state index is -1.17. The predicted octanol–water partition coefficient (Wildman–Crippen LogP) is 10.5. The van der Waals surface area contributed by atoms with Gasteiger partial charge in [-0.1, -0.05) is 101 Å². The number of hydrogen-bond acceptors (Lipinski definition) is 9. The zero-order chi connectivity index (χ0) is 52.1. The normalized spacial score (nSPS) is 43.3. The molecule has 3 saturated carbocycles. The maximum atomic E-state index is 12.3. The highest BCUT2D eigenvalue weighted by Gasteiger charge is 2.57. The molecule has 7 N–H and O–H groups in total. The van der Waals surface area contributed by atoms with Gasteiger partial charge in [0.2, 0.25) is 0 Å². The van der Waals surface area contributed by atoms with Crippen molar-refractivity contribution in [3.8, 4) is 0 Å². The lowest BCUT2D eigenvalue weighted by molar-refractivity contribution is -0.121. The first-order chi connectivity index (χ1) is 31.9. The molecule has 6 aliphatic carbocycles. The van der Waals surface area contributed by atoms with Crippen molar-refractivity contribution in [2.45, 2.75) is 204 Å². The summed E-state index contributed by atoms with van der Waals surface area (Å²) in [5.74, 6) is 2.49. The number of aliphatic hydroxyl groups excluding tert-OH is 7. The standard InChI is InChI=1S/C20H32O3.2C20H30O3/c3*1-12-6-8-15-16(20(15,4)5)10-14(3)19(23)18(22)11-13(2)17(21)9-7-12/h7,10-11,15-19,21-23H,6,8-9H2,1-5H3;7,10-11,15-17,19,21,23H,6,8-9H2,1-5H3;7,10-11,15-18,21-22H,6,8-9H2,1-5H3/b3*12-7-,13-11-,14-10-. The molecule has 0 aromatic carbocycles. The van der Waals surface area contributed by atoms with E-state index in [4.69, 9.17) is 0 Å². The number of Topliss-reactive ketones (excluding diaryl/α,β-unsaturated/α-hetero) is 1. The highest BCUT2D eigenvalue weighted by molar-refractivity contribution is 5.99. The summed E-state index contributed by atoms with van der Waals surface area (Å²) in [6.07, 6.45) is 18.9. The average Bonchev–Trinajstić information content (AvgIpc) is 4.15. The lowest BCUT2D eigenvalue weighted by atomic mass is 9.97. The number of ketones is 2. The van der Waals surface area contributed by atoms with Crippen LogP contribution in [-0.4, -0.2) is 90.0 Å². The Morgan fingerprint density at radius 2 is 0.812 bits per heavy atom. The molecule has 13 unspecified atom stereocenters. The Bertz CT molecular complexity index is 2130. The van der Waals surface area contributed by atoms with E-state index < -0.39 is 42.7 Å². The van der Waals surface area contributed by atoms with E-state index >= 15 is 0 Å². The highest BCUT2D eigenvalue weighted by atomic mass is 16.3. The first kappa shape index (κ1) is 58.3. The van der Waals surface area contributed by atoms with Crippen LogP contribution in [0.5, 0.6) is 0 Å². The van der Waals surface area contributed by atoms with Gasteiger partial charge in [-0.25, -0.2) is 0 Å². The second-order valence-electron chi connectivity index (χ2n) is 23.8. The molecule has 3 fully saturated rings. The highest BCUT2D eigenvalue weighted by Crippen LogP contribution is 2.63. The Labute approximate surface area is 416 Å².